The van der Waals surface area contributed by atoms with Crippen LogP contribution in [0.1, 0.15) is 24.2 Å². The first kappa shape index (κ1) is 18.4. The van der Waals surface area contributed by atoms with Crippen molar-refractivity contribution in [3.8, 4) is 0 Å². The zero-order valence-corrected chi connectivity index (χ0v) is 14.8. The third kappa shape index (κ3) is 5.63. The van der Waals surface area contributed by atoms with E-state index in [2.05, 4.69) is 5.32 Å². The smallest absolute Gasteiger partial charge is 0.339 e. The number of carbonyl (C=O) groups is 3. The highest BCUT2D eigenvalue weighted by atomic mass is 127. The summed E-state index contributed by atoms with van der Waals surface area (Å²) in [5.74, 6) is -1.18. The monoisotopic (exact) mass is 418 g/mol. The van der Waals surface area contributed by atoms with Gasteiger partial charge in [-0.05, 0) is 48.6 Å². The molecule has 22 heavy (non-hydrogen) atoms. The first-order valence-corrected chi connectivity index (χ1v) is 8.03. The fraction of sp³-hybridized carbons (Fsp3) is 0.400. The van der Waals surface area contributed by atoms with Gasteiger partial charge in [0.25, 0.3) is 5.91 Å². The van der Waals surface area contributed by atoms with Crippen LogP contribution in [0.2, 0.25) is 0 Å². The summed E-state index contributed by atoms with van der Waals surface area (Å²) in [6.07, 6.45) is 0. The highest BCUT2D eigenvalue weighted by Crippen LogP contribution is 2.12. The summed E-state index contributed by atoms with van der Waals surface area (Å²) in [7, 11) is 0. The van der Waals surface area contributed by atoms with E-state index in [1.807, 2.05) is 28.7 Å². The summed E-state index contributed by atoms with van der Waals surface area (Å²) in [4.78, 5) is 36.8. The van der Waals surface area contributed by atoms with Crippen LogP contribution >= 0.6 is 22.6 Å². The highest BCUT2D eigenvalue weighted by molar-refractivity contribution is 14.1. The van der Waals surface area contributed by atoms with Crippen LogP contribution in [0.15, 0.2) is 24.3 Å². The van der Waals surface area contributed by atoms with Gasteiger partial charge >= 0.3 is 5.97 Å². The third-order valence-electron chi connectivity index (χ3n) is 2.86. The minimum atomic E-state index is -0.549. The third-order valence-corrected chi connectivity index (χ3v) is 3.80. The predicted octanol–water partition coefficient (Wildman–Crippen LogP) is 1.43. The van der Waals surface area contributed by atoms with Crippen LogP contribution < -0.4 is 5.32 Å². The molecule has 1 N–H and O–H groups in total. The number of amides is 2. The van der Waals surface area contributed by atoms with Crippen LogP contribution in [0, 0.1) is 3.57 Å². The van der Waals surface area contributed by atoms with Gasteiger partial charge < -0.3 is 15.0 Å². The molecule has 0 saturated heterocycles. The van der Waals surface area contributed by atoms with Gasteiger partial charge in [0, 0.05) is 16.7 Å². The molecule has 7 heteroatoms. The van der Waals surface area contributed by atoms with Gasteiger partial charge in [0.15, 0.2) is 6.61 Å². The van der Waals surface area contributed by atoms with Crippen molar-refractivity contribution in [3.63, 3.8) is 0 Å². The minimum absolute atomic E-state index is 0.0381. The number of rotatable bonds is 7. The molecule has 0 unspecified atom stereocenters. The quantitative estimate of drug-likeness (QED) is 0.537. The van der Waals surface area contributed by atoms with Crippen molar-refractivity contribution in [1.29, 1.82) is 0 Å². The molecule has 0 aromatic heterocycles. The van der Waals surface area contributed by atoms with Gasteiger partial charge in [-0.3, -0.25) is 9.59 Å². The summed E-state index contributed by atoms with van der Waals surface area (Å²) >= 11 is 2.03. The average Bonchev–Trinajstić information content (AvgIpc) is 2.50. The minimum Gasteiger partial charge on any atom is -0.452 e. The molecule has 1 rings (SSSR count). The number of carbonyl (C=O) groups excluding carboxylic acids is 3. The van der Waals surface area contributed by atoms with Crippen molar-refractivity contribution in [3.05, 3.63) is 33.4 Å². The van der Waals surface area contributed by atoms with Gasteiger partial charge in [-0.15, -0.1) is 0 Å². The van der Waals surface area contributed by atoms with Crippen molar-refractivity contribution in [2.45, 2.75) is 13.8 Å². The molecular formula is C15H19IN2O4. The van der Waals surface area contributed by atoms with Gasteiger partial charge in [0.2, 0.25) is 5.91 Å². The number of likely N-dealkylation sites (N-methyl/N-ethyl adjacent to an activating group) is 2. The molecule has 6 nitrogen and oxygen atoms in total. The molecule has 0 aliphatic carbocycles. The lowest BCUT2D eigenvalue weighted by atomic mass is 10.2. The first-order chi connectivity index (χ1) is 10.5. The fourth-order valence-corrected chi connectivity index (χ4v) is 2.33. The van der Waals surface area contributed by atoms with Gasteiger partial charge in [0.1, 0.15) is 0 Å². The van der Waals surface area contributed by atoms with Crippen LogP contribution in [0.4, 0.5) is 0 Å². The zero-order chi connectivity index (χ0) is 16.5. The lowest BCUT2D eigenvalue weighted by molar-refractivity contribution is -0.138. The highest BCUT2D eigenvalue weighted by Gasteiger charge is 2.18. The molecular weight excluding hydrogens is 399 g/mol. The maximum atomic E-state index is 12.0. The number of halogens is 1. The Morgan fingerprint density at radius 3 is 2.50 bits per heavy atom. The van der Waals surface area contributed by atoms with E-state index in [1.165, 1.54) is 4.90 Å². The Bertz CT molecular complexity index is 548. The van der Waals surface area contributed by atoms with Crippen LogP contribution in [-0.2, 0) is 14.3 Å². The molecule has 0 aliphatic rings. The molecule has 0 spiro atoms. The first-order valence-electron chi connectivity index (χ1n) is 6.95. The Morgan fingerprint density at radius 1 is 1.23 bits per heavy atom. The second-order valence-corrected chi connectivity index (χ2v) is 5.58. The van der Waals surface area contributed by atoms with Crippen LogP contribution in [-0.4, -0.2) is 48.9 Å². The average molecular weight is 418 g/mol. The molecule has 0 saturated carbocycles. The van der Waals surface area contributed by atoms with E-state index >= 15 is 0 Å². The molecule has 1 aromatic carbocycles. The van der Waals surface area contributed by atoms with E-state index in [0.717, 1.165) is 3.57 Å². The van der Waals surface area contributed by atoms with E-state index in [1.54, 1.807) is 32.0 Å². The maximum Gasteiger partial charge on any atom is 0.339 e. The molecule has 120 valence electrons. The SMILES string of the molecule is CCNC(=O)CN(CC)C(=O)COC(=O)c1ccccc1I. The number of nitrogens with one attached hydrogen (secondary N) is 1. The zero-order valence-electron chi connectivity index (χ0n) is 12.6. The van der Waals surface area contributed by atoms with Crippen molar-refractivity contribution in [2.24, 2.45) is 0 Å². The summed E-state index contributed by atoms with van der Waals surface area (Å²) in [5, 5.41) is 2.62. The lowest BCUT2D eigenvalue weighted by Crippen LogP contribution is -2.42. The Balaban J connectivity index is 2.55. The Kier molecular flexibility index (Phi) is 7.86. The maximum absolute atomic E-state index is 12.0. The van der Waals surface area contributed by atoms with Crippen LogP contribution in [0.3, 0.4) is 0 Å². The predicted molar refractivity (Wildman–Crippen MR) is 90.4 cm³/mol. The molecule has 0 atom stereocenters. The normalized spacial score (nSPS) is 9.95. The molecule has 1 aromatic rings. The Hall–Kier alpha value is -1.64. The summed E-state index contributed by atoms with van der Waals surface area (Å²) in [5.41, 5.74) is 0.419. The van der Waals surface area contributed by atoms with Gasteiger partial charge in [0.05, 0.1) is 12.1 Å². The van der Waals surface area contributed by atoms with Crippen molar-refractivity contribution >= 4 is 40.4 Å². The second-order valence-electron chi connectivity index (χ2n) is 4.42. The van der Waals surface area contributed by atoms with Gasteiger partial charge in [-0.25, -0.2) is 4.79 Å². The molecule has 0 fully saturated rings. The van der Waals surface area contributed by atoms with Crippen molar-refractivity contribution in [1.82, 2.24) is 10.2 Å². The number of hydrogen-bond acceptors (Lipinski definition) is 4. The van der Waals surface area contributed by atoms with E-state index in [4.69, 9.17) is 4.74 Å². The standard InChI is InChI=1S/C15H19IN2O4/c1-3-17-13(19)9-18(4-2)14(20)10-22-15(21)11-7-5-6-8-12(11)16/h5-8H,3-4,9-10H2,1-2H3,(H,17,19). The number of nitrogens with zero attached hydrogens (tertiary/aromatic N) is 1. The van der Waals surface area contributed by atoms with E-state index in [9.17, 15) is 14.4 Å². The molecule has 2 amide bonds. The number of hydrogen-bond donors (Lipinski definition) is 1. The van der Waals surface area contributed by atoms with Gasteiger partial charge in [-0.1, -0.05) is 12.1 Å². The Morgan fingerprint density at radius 2 is 1.91 bits per heavy atom. The molecule has 0 aliphatic heterocycles. The second kappa shape index (κ2) is 9.39. The van der Waals surface area contributed by atoms with E-state index in [-0.39, 0.29) is 19.1 Å². The Labute approximate surface area is 143 Å². The summed E-state index contributed by atoms with van der Waals surface area (Å²) in [6.45, 7) is 4.03. The number of esters is 1. The molecule has 0 heterocycles. The van der Waals surface area contributed by atoms with Crippen molar-refractivity contribution in [2.75, 3.05) is 26.2 Å². The largest absolute Gasteiger partial charge is 0.452 e. The van der Waals surface area contributed by atoms with E-state index in [0.29, 0.717) is 18.7 Å². The van der Waals surface area contributed by atoms with E-state index < -0.39 is 11.9 Å². The summed E-state index contributed by atoms with van der Waals surface area (Å²) < 4.78 is 5.79. The van der Waals surface area contributed by atoms with Gasteiger partial charge in [-0.2, -0.15) is 0 Å². The summed E-state index contributed by atoms with van der Waals surface area (Å²) in [6, 6.07) is 6.97. The van der Waals surface area contributed by atoms with Crippen molar-refractivity contribution < 1.29 is 19.1 Å². The fourth-order valence-electron chi connectivity index (χ4n) is 1.73. The molecule has 0 radical (unpaired) electrons. The van der Waals surface area contributed by atoms with Crippen LogP contribution in [0.5, 0.6) is 0 Å². The molecule has 0 bridgehead atoms. The van der Waals surface area contributed by atoms with Crippen LogP contribution in [0.25, 0.3) is 0 Å². The number of ether oxygens (including phenoxy) is 1. The topological polar surface area (TPSA) is 75.7 Å². The number of benzene rings is 1. The lowest BCUT2D eigenvalue weighted by Gasteiger charge is -2.20.